The zero-order valence-electron chi connectivity index (χ0n) is 26.9. The monoisotopic (exact) mass is 606 g/mol. The van der Waals surface area contributed by atoms with E-state index in [1.807, 2.05) is 0 Å². The maximum absolute atomic E-state index is 2.56. The zero-order valence-corrected chi connectivity index (χ0v) is 26.9. The van der Waals surface area contributed by atoms with Gasteiger partial charge in [0.25, 0.3) is 0 Å². The van der Waals surface area contributed by atoms with Gasteiger partial charge in [-0.1, -0.05) is 133 Å². The van der Waals surface area contributed by atoms with Crippen molar-refractivity contribution in [3.05, 3.63) is 157 Å². The summed E-state index contributed by atoms with van der Waals surface area (Å²) < 4.78 is 0. The first-order valence-corrected chi connectivity index (χ1v) is 17.0. The van der Waals surface area contributed by atoms with Gasteiger partial charge in [-0.05, 0) is 146 Å². The number of hydrogen-bond acceptors (Lipinski definition) is 0. The van der Waals surface area contributed by atoms with Crippen molar-refractivity contribution in [3.8, 4) is 22.3 Å². The van der Waals surface area contributed by atoms with Crippen molar-refractivity contribution in [2.24, 2.45) is 0 Å². The van der Waals surface area contributed by atoms with Crippen LogP contribution in [-0.2, 0) is 0 Å². The minimum atomic E-state index is 1.30. The summed E-state index contributed by atoms with van der Waals surface area (Å²) in [7, 11) is 0. The van der Waals surface area contributed by atoms with Gasteiger partial charge in [-0.3, -0.25) is 0 Å². The second-order valence-electron chi connectivity index (χ2n) is 13.6. The predicted octanol–water partition coefficient (Wildman–Crippen LogP) is 13.7. The maximum Gasteiger partial charge on any atom is -0.000753 e. The second-order valence-corrected chi connectivity index (χ2v) is 13.6. The van der Waals surface area contributed by atoms with Gasteiger partial charge in [0.15, 0.2) is 0 Å². The summed E-state index contributed by atoms with van der Waals surface area (Å²) in [5.41, 5.74) is 7.92. The maximum atomic E-state index is 2.56. The van der Waals surface area contributed by atoms with Gasteiger partial charge in [-0.15, -0.1) is 0 Å². The normalized spacial score (nSPS) is 12.4. The van der Waals surface area contributed by atoms with Crippen LogP contribution in [0.4, 0.5) is 0 Å². The summed E-state index contributed by atoms with van der Waals surface area (Å²) in [6, 6.07) is 54.8. The Morgan fingerprint density at radius 3 is 1.02 bits per heavy atom. The molecule has 0 N–H and O–H groups in total. The van der Waals surface area contributed by atoms with E-state index in [2.05, 4.69) is 159 Å². The molecule has 0 heteroatoms. The smallest absolute Gasteiger partial charge is 0.000753 e. The molecule has 11 aromatic carbocycles. The van der Waals surface area contributed by atoms with Crippen LogP contribution in [0.25, 0.3) is 108 Å². The van der Waals surface area contributed by atoms with Gasteiger partial charge in [-0.25, -0.2) is 0 Å². The highest BCUT2D eigenvalue weighted by atomic mass is 14.3. The molecule has 0 bridgehead atoms. The third kappa shape index (κ3) is 3.20. The Balaban J connectivity index is 1.45. The molecule has 0 amide bonds. The van der Waals surface area contributed by atoms with Crippen LogP contribution in [0.15, 0.2) is 146 Å². The van der Waals surface area contributed by atoms with Crippen molar-refractivity contribution in [1.82, 2.24) is 0 Å². The fraction of sp³-hybridized carbons (Fsp3) is 0.0417. The molecule has 0 saturated carbocycles. The van der Waals surface area contributed by atoms with Crippen molar-refractivity contribution >= 4 is 86.2 Å². The molecule has 0 radical (unpaired) electrons. The van der Waals surface area contributed by atoms with Crippen molar-refractivity contribution in [2.75, 3.05) is 0 Å². The van der Waals surface area contributed by atoms with Gasteiger partial charge in [-0.2, -0.15) is 0 Å². The number of aryl methyl sites for hydroxylation is 2. The standard InChI is InChI=1S/C48H30/c1-27-13-3-5-15-29(27)43-33-19-9-7-17-31(33)35-21-11-23-37-39-25-40-38-24-12-22-36-32-18-8-10-20-34(32)44(30-16-6-4-14-28(30)2)48(46(36)38)42(40)26-41(39)47(43)45(35)37/h3-26H,1-2H3. The molecular formula is C48H30. The molecule has 0 spiro atoms. The van der Waals surface area contributed by atoms with Gasteiger partial charge in [0.05, 0.1) is 0 Å². The summed E-state index contributed by atoms with van der Waals surface area (Å²) in [6.07, 6.45) is 0. The molecule has 0 nitrogen and oxygen atoms in total. The average molecular weight is 607 g/mol. The van der Waals surface area contributed by atoms with Gasteiger partial charge in [0.1, 0.15) is 0 Å². The van der Waals surface area contributed by atoms with Gasteiger partial charge >= 0.3 is 0 Å². The molecule has 222 valence electrons. The Labute approximate surface area is 278 Å². The first-order chi connectivity index (χ1) is 23.7. The zero-order chi connectivity index (χ0) is 31.7. The Morgan fingerprint density at radius 2 is 0.583 bits per heavy atom. The van der Waals surface area contributed by atoms with E-state index < -0.39 is 0 Å². The van der Waals surface area contributed by atoms with Crippen LogP contribution >= 0.6 is 0 Å². The van der Waals surface area contributed by atoms with Crippen LogP contribution in [0.2, 0.25) is 0 Å². The lowest BCUT2D eigenvalue weighted by atomic mass is 9.87. The molecule has 0 aliphatic carbocycles. The topological polar surface area (TPSA) is 0 Å². The van der Waals surface area contributed by atoms with E-state index in [0.29, 0.717) is 0 Å². The van der Waals surface area contributed by atoms with Crippen molar-refractivity contribution in [1.29, 1.82) is 0 Å². The fourth-order valence-corrected chi connectivity index (χ4v) is 9.20. The highest BCUT2D eigenvalue weighted by molar-refractivity contribution is 6.44. The van der Waals surface area contributed by atoms with Crippen LogP contribution in [0.1, 0.15) is 11.1 Å². The minimum absolute atomic E-state index is 1.30. The summed E-state index contributed by atoms with van der Waals surface area (Å²) in [6.45, 7) is 4.50. The molecule has 0 unspecified atom stereocenters. The van der Waals surface area contributed by atoms with Crippen LogP contribution in [0.5, 0.6) is 0 Å². The van der Waals surface area contributed by atoms with Gasteiger partial charge < -0.3 is 0 Å². The number of benzene rings is 9. The Morgan fingerprint density at radius 1 is 0.250 bits per heavy atom. The molecule has 0 aromatic heterocycles. The molecule has 0 atom stereocenters. The lowest BCUT2D eigenvalue weighted by Crippen LogP contribution is -1.89. The molecule has 0 aliphatic heterocycles. The molecule has 48 heavy (non-hydrogen) atoms. The SMILES string of the molecule is Cc1ccccc1-c1c2ccccc2c2cccc3c4cc5c(cc4c1c23)c1c(-c2ccccc2C)c2ccccc2c2cccc5c21. The highest BCUT2D eigenvalue weighted by Gasteiger charge is 2.25. The fourth-order valence-electron chi connectivity index (χ4n) is 9.20. The van der Waals surface area contributed by atoms with E-state index in [1.165, 1.54) is 120 Å². The summed E-state index contributed by atoms with van der Waals surface area (Å²) >= 11 is 0. The molecule has 0 saturated heterocycles. The third-order valence-electron chi connectivity index (χ3n) is 11.2. The molecular weight excluding hydrogens is 577 g/mol. The third-order valence-corrected chi connectivity index (χ3v) is 11.2. The van der Waals surface area contributed by atoms with Crippen LogP contribution < -0.4 is 0 Å². The van der Waals surface area contributed by atoms with Crippen molar-refractivity contribution in [3.63, 3.8) is 0 Å². The summed E-state index contributed by atoms with van der Waals surface area (Å²) in [4.78, 5) is 0. The number of fused-ring (bicyclic) bond motifs is 10. The Hall–Kier alpha value is -5.98. The minimum Gasteiger partial charge on any atom is -0.0620 e. The largest absolute Gasteiger partial charge is 0.0620 e. The lowest BCUT2D eigenvalue weighted by molar-refractivity contribution is 1.48. The van der Waals surface area contributed by atoms with E-state index in [4.69, 9.17) is 0 Å². The number of rotatable bonds is 2. The van der Waals surface area contributed by atoms with Crippen LogP contribution in [0.3, 0.4) is 0 Å². The van der Waals surface area contributed by atoms with Crippen LogP contribution in [0, 0.1) is 13.8 Å². The Bertz CT molecular complexity index is 2910. The van der Waals surface area contributed by atoms with E-state index in [1.54, 1.807) is 0 Å². The molecule has 11 aromatic rings. The first kappa shape index (κ1) is 26.1. The summed E-state index contributed by atoms with van der Waals surface area (Å²) in [5, 5.41) is 21.5. The molecule has 11 rings (SSSR count). The molecule has 0 aliphatic rings. The molecule has 0 heterocycles. The van der Waals surface area contributed by atoms with Crippen molar-refractivity contribution < 1.29 is 0 Å². The average Bonchev–Trinajstić information content (AvgIpc) is 3.63. The van der Waals surface area contributed by atoms with E-state index in [-0.39, 0.29) is 0 Å². The molecule has 0 fully saturated rings. The van der Waals surface area contributed by atoms with E-state index in [0.717, 1.165) is 0 Å². The first-order valence-electron chi connectivity index (χ1n) is 17.0. The van der Waals surface area contributed by atoms with Gasteiger partial charge in [0.2, 0.25) is 0 Å². The number of hydrogen-bond donors (Lipinski definition) is 0. The Kier molecular flexibility index (Phi) is 5.07. The predicted molar refractivity (Wildman–Crippen MR) is 209 cm³/mol. The van der Waals surface area contributed by atoms with E-state index in [9.17, 15) is 0 Å². The van der Waals surface area contributed by atoms with Gasteiger partial charge in [0, 0.05) is 0 Å². The van der Waals surface area contributed by atoms with Crippen molar-refractivity contribution in [2.45, 2.75) is 13.8 Å². The quantitative estimate of drug-likeness (QED) is 0.172. The lowest BCUT2D eigenvalue weighted by Gasteiger charge is -2.16. The van der Waals surface area contributed by atoms with E-state index >= 15 is 0 Å². The highest BCUT2D eigenvalue weighted by Crippen LogP contribution is 2.53. The summed E-state index contributed by atoms with van der Waals surface area (Å²) in [5.74, 6) is 0. The van der Waals surface area contributed by atoms with Crippen LogP contribution in [-0.4, -0.2) is 0 Å². The second kappa shape index (κ2) is 9.31.